The summed E-state index contributed by atoms with van der Waals surface area (Å²) in [6, 6.07) is 14.2. The maximum absolute atomic E-state index is 12.6. The Kier molecular flexibility index (Phi) is 5.70. The molecule has 4 rings (SSSR count). The minimum absolute atomic E-state index is 0.133. The van der Waals surface area contributed by atoms with E-state index >= 15 is 0 Å². The predicted octanol–water partition coefficient (Wildman–Crippen LogP) is 4.29. The van der Waals surface area contributed by atoms with Crippen LogP contribution in [0.15, 0.2) is 48.5 Å². The molecule has 2 heterocycles. The first-order valence-electron chi connectivity index (χ1n) is 10.1. The zero-order chi connectivity index (χ0) is 22.9. The van der Waals surface area contributed by atoms with Crippen molar-refractivity contribution in [2.45, 2.75) is 12.7 Å². The zero-order valence-electron chi connectivity index (χ0n) is 17.3. The molecule has 0 unspecified atom stereocenters. The van der Waals surface area contributed by atoms with Crippen LogP contribution in [-0.4, -0.2) is 35.2 Å². The highest BCUT2D eigenvalue weighted by atomic mass is 19.4. The topological polar surface area (TPSA) is 70.3 Å². The number of hydrogen-bond donors (Lipinski definition) is 1. The standard InChI is InChI=1S/C23H21F3N4O2/c1-29-19(10-27)9-17-8-15(2-7-21(17)29)11-28-22(31)30-12-16(13-30)14-32-20-5-3-18(4-6-20)23(24,25)26/h2-9,16H,11-14H2,1H3,(H,28,31). The molecule has 0 aliphatic carbocycles. The lowest BCUT2D eigenvalue weighted by Crippen LogP contribution is -2.55. The van der Waals surface area contributed by atoms with E-state index in [0.29, 0.717) is 37.7 Å². The maximum Gasteiger partial charge on any atom is 0.416 e. The summed E-state index contributed by atoms with van der Waals surface area (Å²) < 4.78 is 45.1. The van der Waals surface area contributed by atoms with E-state index in [-0.39, 0.29) is 11.9 Å². The molecule has 166 valence electrons. The highest BCUT2D eigenvalue weighted by Crippen LogP contribution is 2.30. The molecule has 0 bridgehead atoms. The molecule has 0 atom stereocenters. The van der Waals surface area contributed by atoms with E-state index in [4.69, 9.17) is 10.00 Å². The fraction of sp³-hybridized carbons (Fsp3) is 0.304. The van der Waals surface area contributed by atoms with Crippen LogP contribution in [0.3, 0.4) is 0 Å². The minimum atomic E-state index is -4.37. The van der Waals surface area contributed by atoms with Gasteiger partial charge in [-0.1, -0.05) is 6.07 Å². The Labute approximate surface area is 182 Å². The Morgan fingerprint density at radius 2 is 1.91 bits per heavy atom. The number of likely N-dealkylation sites (tertiary alicyclic amines) is 1. The molecular formula is C23H21F3N4O2. The van der Waals surface area contributed by atoms with E-state index in [0.717, 1.165) is 28.6 Å². The fourth-order valence-electron chi connectivity index (χ4n) is 3.70. The quantitative estimate of drug-likeness (QED) is 0.641. The molecular weight excluding hydrogens is 421 g/mol. The summed E-state index contributed by atoms with van der Waals surface area (Å²) in [7, 11) is 1.84. The number of nitriles is 1. The maximum atomic E-state index is 12.6. The number of halogens is 3. The van der Waals surface area contributed by atoms with Crippen LogP contribution in [-0.2, 0) is 19.8 Å². The molecule has 0 spiro atoms. The molecule has 3 aromatic rings. The van der Waals surface area contributed by atoms with Crippen molar-refractivity contribution in [2.75, 3.05) is 19.7 Å². The number of carbonyl (C=O) groups excluding carboxylic acids is 1. The summed E-state index contributed by atoms with van der Waals surface area (Å²) in [4.78, 5) is 14.0. The predicted molar refractivity (Wildman–Crippen MR) is 112 cm³/mol. The normalized spacial score (nSPS) is 14.2. The van der Waals surface area contributed by atoms with E-state index in [1.54, 1.807) is 4.90 Å². The van der Waals surface area contributed by atoms with Crippen LogP contribution < -0.4 is 10.1 Å². The van der Waals surface area contributed by atoms with Gasteiger partial charge in [0, 0.05) is 43.5 Å². The zero-order valence-corrected chi connectivity index (χ0v) is 17.3. The van der Waals surface area contributed by atoms with Crippen LogP contribution in [0.25, 0.3) is 10.9 Å². The Bertz CT molecular complexity index is 1170. The van der Waals surface area contributed by atoms with Gasteiger partial charge >= 0.3 is 12.2 Å². The average Bonchev–Trinajstić information content (AvgIpc) is 3.06. The molecule has 0 saturated carbocycles. The highest BCUT2D eigenvalue weighted by Gasteiger charge is 2.32. The monoisotopic (exact) mass is 442 g/mol. The SMILES string of the molecule is Cn1c(C#N)cc2cc(CNC(=O)N3CC(COc4ccc(C(F)(F)F)cc4)C3)ccc21. The Morgan fingerprint density at radius 3 is 2.56 bits per heavy atom. The summed E-state index contributed by atoms with van der Waals surface area (Å²) >= 11 is 0. The Morgan fingerprint density at radius 1 is 1.19 bits per heavy atom. The molecule has 1 aromatic heterocycles. The number of amides is 2. The minimum Gasteiger partial charge on any atom is -0.493 e. The van der Waals surface area contributed by atoms with Crippen LogP contribution in [0.1, 0.15) is 16.8 Å². The van der Waals surface area contributed by atoms with Gasteiger partial charge in [-0.05, 0) is 48.0 Å². The molecule has 1 aliphatic rings. The average molecular weight is 442 g/mol. The van der Waals surface area contributed by atoms with Gasteiger partial charge in [0.2, 0.25) is 0 Å². The van der Waals surface area contributed by atoms with Crippen LogP contribution in [0, 0.1) is 17.2 Å². The van der Waals surface area contributed by atoms with Crippen molar-refractivity contribution in [3.63, 3.8) is 0 Å². The summed E-state index contributed by atoms with van der Waals surface area (Å²) in [5.41, 5.74) is 1.75. The van der Waals surface area contributed by atoms with Gasteiger partial charge in [0.15, 0.2) is 0 Å². The van der Waals surface area contributed by atoms with Crippen molar-refractivity contribution < 1.29 is 22.7 Å². The summed E-state index contributed by atoms with van der Waals surface area (Å²) in [6.07, 6.45) is -4.37. The number of carbonyl (C=O) groups is 1. The molecule has 1 N–H and O–H groups in total. The van der Waals surface area contributed by atoms with Gasteiger partial charge in [0.25, 0.3) is 0 Å². The Hall–Kier alpha value is -3.67. The summed E-state index contributed by atoms with van der Waals surface area (Å²) in [5, 5.41) is 13.0. The number of aryl methyl sites for hydroxylation is 1. The number of benzene rings is 2. The van der Waals surface area contributed by atoms with Gasteiger partial charge in [-0.2, -0.15) is 18.4 Å². The van der Waals surface area contributed by atoms with Crippen molar-refractivity contribution in [3.05, 3.63) is 65.4 Å². The molecule has 6 nitrogen and oxygen atoms in total. The van der Waals surface area contributed by atoms with Crippen LogP contribution >= 0.6 is 0 Å². The van der Waals surface area contributed by atoms with Gasteiger partial charge in [-0.25, -0.2) is 4.79 Å². The first-order chi connectivity index (χ1) is 15.2. The third-order valence-electron chi connectivity index (χ3n) is 5.58. The third kappa shape index (κ3) is 4.49. The van der Waals surface area contributed by atoms with E-state index < -0.39 is 11.7 Å². The van der Waals surface area contributed by atoms with E-state index in [1.165, 1.54) is 12.1 Å². The third-order valence-corrected chi connectivity index (χ3v) is 5.58. The fourth-order valence-corrected chi connectivity index (χ4v) is 3.70. The lowest BCUT2D eigenvalue weighted by Gasteiger charge is -2.38. The first-order valence-corrected chi connectivity index (χ1v) is 10.1. The molecule has 0 radical (unpaired) electrons. The summed E-state index contributed by atoms with van der Waals surface area (Å²) in [5.74, 6) is 0.505. The van der Waals surface area contributed by atoms with Gasteiger partial charge < -0.3 is 19.5 Å². The van der Waals surface area contributed by atoms with Gasteiger partial charge in [-0.15, -0.1) is 0 Å². The van der Waals surface area contributed by atoms with Crippen molar-refractivity contribution in [2.24, 2.45) is 13.0 Å². The van der Waals surface area contributed by atoms with Gasteiger partial charge in [0.1, 0.15) is 17.5 Å². The molecule has 1 aliphatic heterocycles. The second-order valence-corrected chi connectivity index (χ2v) is 7.86. The Balaban J connectivity index is 1.22. The van der Waals surface area contributed by atoms with Crippen molar-refractivity contribution in [3.8, 4) is 11.8 Å². The van der Waals surface area contributed by atoms with E-state index in [2.05, 4.69) is 11.4 Å². The highest BCUT2D eigenvalue weighted by molar-refractivity contribution is 5.83. The number of alkyl halides is 3. The lowest BCUT2D eigenvalue weighted by molar-refractivity contribution is -0.137. The number of nitrogens with one attached hydrogen (secondary N) is 1. The summed E-state index contributed by atoms with van der Waals surface area (Å²) in [6.45, 7) is 1.75. The lowest BCUT2D eigenvalue weighted by atomic mass is 10.0. The van der Waals surface area contributed by atoms with Gasteiger partial charge in [0.05, 0.1) is 12.2 Å². The van der Waals surface area contributed by atoms with Crippen molar-refractivity contribution >= 4 is 16.9 Å². The molecule has 9 heteroatoms. The largest absolute Gasteiger partial charge is 0.493 e. The molecule has 2 aromatic carbocycles. The molecule has 2 amide bonds. The molecule has 1 fully saturated rings. The number of aromatic nitrogens is 1. The smallest absolute Gasteiger partial charge is 0.416 e. The van der Waals surface area contributed by atoms with Crippen molar-refractivity contribution in [1.29, 1.82) is 5.26 Å². The second kappa shape index (κ2) is 8.46. The number of ether oxygens (including phenoxy) is 1. The number of fused-ring (bicyclic) bond motifs is 1. The number of hydrogen-bond acceptors (Lipinski definition) is 3. The number of rotatable bonds is 5. The second-order valence-electron chi connectivity index (χ2n) is 7.86. The van der Waals surface area contributed by atoms with Crippen LogP contribution in [0.4, 0.5) is 18.0 Å². The number of nitrogens with zero attached hydrogens (tertiary/aromatic N) is 3. The van der Waals surface area contributed by atoms with Crippen molar-refractivity contribution in [1.82, 2.24) is 14.8 Å². The van der Waals surface area contributed by atoms with Crippen LogP contribution in [0.2, 0.25) is 0 Å². The molecule has 1 saturated heterocycles. The number of urea groups is 1. The van der Waals surface area contributed by atoms with Gasteiger partial charge in [-0.3, -0.25) is 0 Å². The van der Waals surface area contributed by atoms with Crippen LogP contribution in [0.5, 0.6) is 5.75 Å². The first kappa shape index (κ1) is 21.6. The van der Waals surface area contributed by atoms with E-state index in [1.807, 2.05) is 35.9 Å². The van der Waals surface area contributed by atoms with E-state index in [9.17, 15) is 18.0 Å². The molecule has 32 heavy (non-hydrogen) atoms.